The van der Waals surface area contributed by atoms with Gasteiger partial charge >= 0.3 is 17.9 Å². The Balaban J connectivity index is 2.70. The summed E-state index contributed by atoms with van der Waals surface area (Å²) in [5.74, 6) is -1.50. The molecule has 0 bridgehead atoms. The van der Waals surface area contributed by atoms with E-state index >= 15 is 0 Å². The zero-order valence-corrected chi connectivity index (χ0v) is 17.7. The van der Waals surface area contributed by atoms with Crippen LogP contribution in [0.2, 0.25) is 0 Å². The fourth-order valence-corrected chi connectivity index (χ4v) is 2.91. The molecule has 28 heavy (non-hydrogen) atoms. The van der Waals surface area contributed by atoms with Crippen molar-refractivity contribution in [3.05, 3.63) is 35.9 Å². The Hall–Kier alpha value is -2.37. The lowest BCUT2D eigenvalue weighted by Crippen LogP contribution is -2.40. The monoisotopic (exact) mass is 392 g/mol. The molecule has 0 saturated heterocycles. The highest BCUT2D eigenvalue weighted by Gasteiger charge is 2.43. The van der Waals surface area contributed by atoms with Gasteiger partial charge in [-0.2, -0.15) is 0 Å². The molecule has 2 atom stereocenters. The molecule has 0 fully saturated rings. The quantitative estimate of drug-likeness (QED) is 0.441. The first-order valence-electron chi connectivity index (χ1n) is 9.64. The molecule has 1 aromatic rings. The molecule has 0 radical (unpaired) electrons. The molecule has 0 aliphatic carbocycles. The summed E-state index contributed by atoms with van der Waals surface area (Å²) < 4.78 is 15.7. The van der Waals surface area contributed by atoms with E-state index in [1.807, 2.05) is 37.3 Å². The van der Waals surface area contributed by atoms with Gasteiger partial charge in [-0.3, -0.25) is 9.59 Å². The number of esters is 3. The van der Waals surface area contributed by atoms with Crippen molar-refractivity contribution in [2.45, 2.75) is 67.1 Å². The van der Waals surface area contributed by atoms with Gasteiger partial charge in [-0.25, -0.2) is 4.79 Å². The summed E-state index contributed by atoms with van der Waals surface area (Å²) in [5.41, 5.74) is -0.926. The first-order valence-corrected chi connectivity index (χ1v) is 9.64. The van der Waals surface area contributed by atoms with Gasteiger partial charge in [0.2, 0.25) is 0 Å². The van der Waals surface area contributed by atoms with E-state index < -0.39 is 28.9 Å². The second kappa shape index (κ2) is 10.2. The number of carbonyl (C=O) groups excluding carboxylic acids is 3. The molecular weight excluding hydrogens is 360 g/mol. The molecule has 0 heterocycles. The van der Waals surface area contributed by atoms with Gasteiger partial charge in [0.25, 0.3) is 0 Å². The minimum atomic E-state index is -1.03. The fourth-order valence-electron chi connectivity index (χ4n) is 2.91. The van der Waals surface area contributed by atoms with Crippen LogP contribution in [0.1, 0.15) is 59.9 Å². The summed E-state index contributed by atoms with van der Waals surface area (Å²) >= 11 is 0. The molecule has 0 amide bonds. The zero-order valence-electron chi connectivity index (χ0n) is 17.7. The average Bonchev–Trinajstić information content (AvgIpc) is 2.66. The van der Waals surface area contributed by atoms with Crippen LogP contribution in [0.3, 0.4) is 0 Å². The second-order valence-corrected chi connectivity index (χ2v) is 7.84. The molecule has 1 rings (SSSR count). The summed E-state index contributed by atoms with van der Waals surface area (Å²) in [6.07, 6.45) is -0.326. The van der Waals surface area contributed by atoms with E-state index in [0.717, 1.165) is 5.56 Å². The molecule has 0 aliphatic heterocycles. The Morgan fingerprint density at radius 1 is 0.964 bits per heavy atom. The van der Waals surface area contributed by atoms with Gasteiger partial charge in [0, 0.05) is 0 Å². The SMILES string of the molecule is CCOC(=O)C(C)(C)CC(C)(CC)C(=O)O[C@@H](C)C(=O)OCc1ccccc1. The standard InChI is InChI=1S/C22H32O6/c1-7-22(6,15-21(4,5)19(24)26-8-2)20(25)28-16(3)18(23)27-14-17-12-10-9-11-13-17/h9-13,16H,7-8,14-15H2,1-6H3/t16-,22?/m0/s1. The number of ether oxygens (including phenoxy) is 3. The van der Waals surface area contributed by atoms with Crippen LogP contribution in [0.5, 0.6) is 0 Å². The lowest BCUT2D eigenvalue weighted by atomic mass is 9.72. The normalized spacial score (nSPS) is 14.5. The van der Waals surface area contributed by atoms with Crippen LogP contribution in [0.25, 0.3) is 0 Å². The second-order valence-electron chi connectivity index (χ2n) is 7.84. The van der Waals surface area contributed by atoms with Crippen molar-refractivity contribution in [1.29, 1.82) is 0 Å². The summed E-state index contributed by atoms with van der Waals surface area (Å²) in [6.45, 7) is 10.7. The van der Waals surface area contributed by atoms with Crippen molar-refractivity contribution in [3.63, 3.8) is 0 Å². The van der Waals surface area contributed by atoms with Crippen LogP contribution in [0, 0.1) is 10.8 Å². The minimum Gasteiger partial charge on any atom is -0.466 e. The van der Waals surface area contributed by atoms with E-state index in [-0.39, 0.29) is 25.6 Å². The highest BCUT2D eigenvalue weighted by Crippen LogP contribution is 2.38. The van der Waals surface area contributed by atoms with Crippen LogP contribution < -0.4 is 0 Å². The highest BCUT2D eigenvalue weighted by molar-refractivity contribution is 5.83. The number of hydrogen-bond donors (Lipinski definition) is 0. The van der Waals surface area contributed by atoms with E-state index in [0.29, 0.717) is 6.42 Å². The van der Waals surface area contributed by atoms with E-state index in [1.54, 1.807) is 27.7 Å². The highest BCUT2D eigenvalue weighted by atomic mass is 16.6. The molecule has 0 aromatic heterocycles. The van der Waals surface area contributed by atoms with Crippen molar-refractivity contribution >= 4 is 17.9 Å². The van der Waals surface area contributed by atoms with Gasteiger partial charge in [-0.05, 0) is 53.0 Å². The predicted molar refractivity (Wildman–Crippen MR) is 105 cm³/mol. The van der Waals surface area contributed by atoms with Gasteiger partial charge in [0.05, 0.1) is 17.4 Å². The molecule has 6 heteroatoms. The Morgan fingerprint density at radius 3 is 2.11 bits per heavy atom. The molecule has 0 aliphatic rings. The van der Waals surface area contributed by atoms with Gasteiger partial charge in [-0.15, -0.1) is 0 Å². The molecule has 156 valence electrons. The molecule has 1 aromatic carbocycles. The van der Waals surface area contributed by atoms with Crippen molar-refractivity contribution in [2.75, 3.05) is 6.61 Å². The third-order valence-corrected chi connectivity index (χ3v) is 4.77. The van der Waals surface area contributed by atoms with E-state index in [9.17, 15) is 14.4 Å². The Kier molecular flexibility index (Phi) is 8.66. The third kappa shape index (κ3) is 6.66. The maximum absolute atomic E-state index is 12.8. The van der Waals surface area contributed by atoms with Crippen molar-refractivity contribution in [1.82, 2.24) is 0 Å². The molecule has 0 N–H and O–H groups in total. The van der Waals surface area contributed by atoms with E-state index in [2.05, 4.69) is 0 Å². The van der Waals surface area contributed by atoms with Gasteiger partial charge in [0.15, 0.2) is 6.10 Å². The molecule has 0 saturated carbocycles. The molecule has 6 nitrogen and oxygen atoms in total. The van der Waals surface area contributed by atoms with E-state index in [1.165, 1.54) is 6.92 Å². The fraction of sp³-hybridized carbons (Fsp3) is 0.591. The predicted octanol–water partition coefficient (Wildman–Crippen LogP) is 4.06. The first kappa shape index (κ1) is 23.7. The number of carbonyl (C=O) groups is 3. The summed E-state index contributed by atoms with van der Waals surface area (Å²) in [6, 6.07) is 9.26. The lowest BCUT2D eigenvalue weighted by Gasteiger charge is -2.34. The summed E-state index contributed by atoms with van der Waals surface area (Å²) in [4.78, 5) is 37.1. The Bertz CT molecular complexity index is 667. The Morgan fingerprint density at radius 2 is 1.57 bits per heavy atom. The average molecular weight is 392 g/mol. The summed E-state index contributed by atoms with van der Waals surface area (Å²) in [7, 11) is 0. The smallest absolute Gasteiger partial charge is 0.347 e. The Labute approximate surface area is 167 Å². The number of benzene rings is 1. The molecular formula is C22H32O6. The number of rotatable bonds is 10. The zero-order chi connectivity index (χ0) is 21.4. The van der Waals surface area contributed by atoms with Gasteiger partial charge in [0.1, 0.15) is 6.61 Å². The molecule has 1 unspecified atom stereocenters. The topological polar surface area (TPSA) is 78.9 Å². The summed E-state index contributed by atoms with van der Waals surface area (Å²) in [5, 5.41) is 0. The van der Waals surface area contributed by atoms with Gasteiger partial charge < -0.3 is 14.2 Å². The minimum absolute atomic E-state index is 0.114. The van der Waals surface area contributed by atoms with Crippen molar-refractivity contribution < 1.29 is 28.6 Å². The van der Waals surface area contributed by atoms with Crippen LogP contribution in [-0.4, -0.2) is 30.6 Å². The first-order chi connectivity index (χ1) is 13.1. The van der Waals surface area contributed by atoms with Gasteiger partial charge in [-0.1, -0.05) is 37.3 Å². The largest absolute Gasteiger partial charge is 0.466 e. The maximum atomic E-state index is 12.8. The lowest BCUT2D eigenvalue weighted by molar-refractivity contribution is -0.176. The third-order valence-electron chi connectivity index (χ3n) is 4.77. The van der Waals surface area contributed by atoms with Crippen LogP contribution in [0.4, 0.5) is 0 Å². The van der Waals surface area contributed by atoms with E-state index in [4.69, 9.17) is 14.2 Å². The maximum Gasteiger partial charge on any atom is 0.347 e. The number of hydrogen-bond acceptors (Lipinski definition) is 6. The van der Waals surface area contributed by atoms with Crippen LogP contribution in [-0.2, 0) is 35.2 Å². The van der Waals surface area contributed by atoms with Crippen LogP contribution in [0.15, 0.2) is 30.3 Å². The van der Waals surface area contributed by atoms with Crippen molar-refractivity contribution in [2.24, 2.45) is 10.8 Å². The van der Waals surface area contributed by atoms with Crippen molar-refractivity contribution in [3.8, 4) is 0 Å². The molecule has 0 spiro atoms. The van der Waals surface area contributed by atoms with Crippen LogP contribution >= 0.6 is 0 Å².